The van der Waals surface area contributed by atoms with E-state index in [-0.39, 0.29) is 23.7 Å². The molecular weight excluding hydrogens is 320 g/mol. The number of nitrogens with zero attached hydrogens (tertiary/aromatic N) is 5. The van der Waals surface area contributed by atoms with Crippen LogP contribution in [0.4, 0.5) is 5.95 Å². The van der Waals surface area contributed by atoms with Crippen molar-refractivity contribution >= 4 is 17.8 Å². The van der Waals surface area contributed by atoms with Crippen LogP contribution < -0.4 is 10.2 Å². The Morgan fingerprint density at radius 1 is 1.16 bits per heavy atom. The molecule has 2 aliphatic rings. The average molecular weight is 346 g/mol. The van der Waals surface area contributed by atoms with Gasteiger partial charge in [-0.2, -0.15) is 0 Å². The smallest absolute Gasteiger partial charge is 0.226 e. The summed E-state index contributed by atoms with van der Waals surface area (Å²) in [6, 6.07) is 1.79. The molecule has 0 aromatic carbocycles. The van der Waals surface area contributed by atoms with Crippen LogP contribution in [0.2, 0.25) is 0 Å². The second-order valence-corrected chi connectivity index (χ2v) is 6.90. The highest BCUT2D eigenvalue weighted by atomic mass is 16.2. The number of piperazine rings is 1. The lowest BCUT2D eigenvalue weighted by Gasteiger charge is -2.34. The highest BCUT2D eigenvalue weighted by molar-refractivity contribution is 5.92. The highest BCUT2D eigenvalue weighted by Gasteiger charge is 2.49. The van der Waals surface area contributed by atoms with E-state index in [4.69, 9.17) is 0 Å². The van der Waals surface area contributed by atoms with E-state index in [0.717, 1.165) is 19.6 Å². The molecule has 1 aromatic heterocycles. The number of aromatic nitrogens is 2. The summed E-state index contributed by atoms with van der Waals surface area (Å²) in [5, 5.41) is 2.92. The zero-order valence-electron chi connectivity index (χ0n) is 14.9. The molecule has 2 amide bonds. The molecule has 2 fully saturated rings. The standard InChI is InChI=1S/C17H26N6O2/c1-21(2)7-6-18-15(24)13-12-14(13)16(25)22-8-10-23(11-9-22)17-19-4-3-5-20-17/h3-5,13-14H,6-12H2,1-2H3,(H,18,24). The summed E-state index contributed by atoms with van der Waals surface area (Å²) >= 11 is 0. The zero-order valence-corrected chi connectivity index (χ0v) is 14.9. The molecule has 25 heavy (non-hydrogen) atoms. The number of hydrogen-bond acceptors (Lipinski definition) is 6. The van der Waals surface area contributed by atoms with Gasteiger partial charge in [0.05, 0.1) is 11.8 Å². The van der Waals surface area contributed by atoms with Crippen LogP contribution in [0, 0.1) is 11.8 Å². The zero-order chi connectivity index (χ0) is 17.8. The minimum Gasteiger partial charge on any atom is -0.355 e. The third-order valence-corrected chi connectivity index (χ3v) is 4.73. The summed E-state index contributed by atoms with van der Waals surface area (Å²) in [6.07, 6.45) is 4.13. The van der Waals surface area contributed by atoms with E-state index in [1.165, 1.54) is 0 Å². The molecule has 3 rings (SSSR count). The normalized spacial score (nSPS) is 22.8. The van der Waals surface area contributed by atoms with Crippen molar-refractivity contribution in [1.82, 2.24) is 25.1 Å². The van der Waals surface area contributed by atoms with Crippen molar-refractivity contribution in [2.24, 2.45) is 11.8 Å². The van der Waals surface area contributed by atoms with Gasteiger partial charge in [0.1, 0.15) is 0 Å². The predicted molar refractivity (Wildman–Crippen MR) is 94.0 cm³/mol. The first-order valence-corrected chi connectivity index (χ1v) is 8.79. The fraction of sp³-hybridized carbons (Fsp3) is 0.647. The van der Waals surface area contributed by atoms with Crippen LogP contribution in [0.25, 0.3) is 0 Å². The Labute approximate surface area is 148 Å². The SMILES string of the molecule is CN(C)CCNC(=O)C1CC1C(=O)N1CCN(c2ncccn2)CC1. The van der Waals surface area contributed by atoms with Crippen LogP contribution in [-0.2, 0) is 9.59 Å². The maximum atomic E-state index is 12.6. The van der Waals surface area contributed by atoms with Gasteiger partial charge < -0.3 is 20.0 Å². The number of nitrogens with one attached hydrogen (secondary N) is 1. The van der Waals surface area contributed by atoms with E-state index >= 15 is 0 Å². The van der Waals surface area contributed by atoms with Crippen molar-refractivity contribution in [3.63, 3.8) is 0 Å². The Morgan fingerprint density at radius 3 is 2.48 bits per heavy atom. The summed E-state index contributed by atoms with van der Waals surface area (Å²) in [5.41, 5.74) is 0. The lowest BCUT2D eigenvalue weighted by Crippen LogP contribution is -2.50. The van der Waals surface area contributed by atoms with E-state index in [9.17, 15) is 9.59 Å². The molecule has 0 bridgehead atoms. The first-order valence-electron chi connectivity index (χ1n) is 8.79. The van der Waals surface area contributed by atoms with Crippen LogP contribution in [-0.4, -0.2) is 84.9 Å². The van der Waals surface area contributed by atoms with Crippen LogP contribution >= 0.6 is 0 Å². The molecule has 1 aromatic rings. The molecule has 8 nitrogen and oxygen atoms in total. The van der Waals surface area contributed by atoms with Crippen LogP contribution in [0.3, 0.4) is 0 Å². The van der Waals surface area contributed by atoms with E-state index in [0.29, 0.717) is 32.0 Å². The summed E-state index contributed by atoms with van der Waals surface area (Å²) in [6.45, 7) is 4.19. The van der Waals surface area contributed by atoms with Crippen molar-refractivity contribution in [2.75, 3.05) is 58.3 Å². The van der Waals surface area contributed by atoms with Gasteiger partial charge in [-0.25, -0.2) is 9.97 Å². The largest absolute Gasteiger partial charge is 0.355 e. The lowest BCUT2D eigenvalue weighted by molar-refractivity contribution is -0.135. The molecule has 2 atom stereocenters. The van der Waals surface area contributed by atoms with Crippen molar-refractivity contribution in [1.29, 1.82) is 0 Å². The third kappa shape index (κ3) is 4.45. The lowest BCUT2D eigenvalue weighted by atomic mass is 10.2. The number of carbonyl (C=O) groups excluding carboxylic acids is 2. The first-order chi connectivity index (χ1) is 12.1. The molecule has 0 radical (unpaired) electrons. The molecular formula is C17H26N6O2. The molecule has 1 N–H and O–H groups in total. The minimum absolute atomic E-state index is 0.0107. The maximum absolute atomic E-state index is 12.6. The number of carbonyl (C=O) groups is 2. The molecule has 136 valence electrons. The number of anilines is 1. The van der Waals surface area contributed by atoms with Gasteiger partial charge in [0.2, 0.25) is 17.8 Å². The summed E-state index contributed by atoms with van der Waals surface area (Å²) in [7, 11) is 3.94. The number of rotatable bonds is 6. The third-order valence-electron chi connectivity index (χ3n) is 4.73. The first kappa shape index (κ1) is 17.6. The van der Waals surface area contributed by atoms with Gasteiger partial charge in [-0.05, 0) is 26.6 Å². The molecule has 8 heteroatoms. The van der Waals surface area contributed by atoms with Crippen molar-refractivity contribution in [3.8, 4) is 0 Å². The van der Waals surface area contributed by atoms with E-state index in [1.807, 2.05) is 23.9 Å². The topological polar surface area (TPSA) is 81.7 Å². The minimum atomic E-state index is -0.148. The monoisotopic (exact) mass is 346 g/mol. The second kappa shape index (κ2) is 7.77. The van der Waals surface area contributed by atoms with Crippen molar-refractivity contribution < 1.29 is 9.59 Å². The Morgan fingerprint density at radius 2 is 1.84 bits per heavy atom. The summed E-state index contributed by atoms with van der Waals surface area (Å²) < 4.78 is 0. The molecule has 2 heterocycles. The fourth-order valence-electron chi connectivity index (χ4n) is 3.11. The van der Waals surface area contributed by atoms with Crippen LogP contribution in [0.15, 0.2) is 18.5 Å². The molecule has 0 spiro atoms. The molecule has 1 saturated carbocycles. The summed E-state index contributed by atoms with van der Waals surface area (Å²) in [5.74, 6) is 0.543. The van der Waals surface area contributed by atoms with Gasteiger partial charge in [-0.15, -0.1) is 0 Å². The van der Waals surface area contributed by atoms with Gasteiger partial charge in [0, 0.05) is 51.7 Å². The molecule has 1 aliphatic carbocycles. The van der Waals surface area contributed by atoms with E-state index in [2.05, 4.69) is 20.2 Å². The van der Waals surface area contributed by atoms with E-state index in [1.54, 1.807) is 18.5 Å². The Hall–Kier alpha value is -2.22. The summed E-state index contributed by atoms with van der Waals surface area (Å²) in [4.78, 5) is 39.2. The second-order valence-electron chi connectivity index (χ2n) is 6.90. The Bertz CT molecular complexity index is 600. The molecule has 1 saturated heterocycles. The van der Waals surface area contributed by atoms with Gasteiger partial charge in [-0.3, -0.25) is 9.59 Å². The number of likely N-dealkylation sites (N-methyl/N-ethyl adjacent to an activating group) is 1. The van der Waals surface area contributed by atoms with Gasteiger partial charge in [0.25, 0.3) is 0 Å². The number of amides is 2. The average Bonchev–Trinajstić information content (AvgIpc) is 3.42. The Kier molecular flexibility index (Phi) is 5.47. The van der Waals surface area contributed by atoms with Gasteiger partial charge in [0.15, 0.2) is 0 Å². The van der Waals surface area contributed by atoms with Crippen LogP contribution in [0.5, 0.6) is 0 Å². The maximum Gasteiger partial charge on any atom is 0.226 e. The van der Waals surface area contributed by atoms with E-state index < -0.39 is 0 Å². The quantitative estimate of drug-likeness (QED) is 0.744. The van der Waals surface area contributed by atoms with Crippen molar-refractivity contribution in [3.05, 3.63) is 18.5 Å². The van der Waals surface area contributed by atoms with Gasteiger partial charge in [-0.1, -0.05) is 0 Å². The van der Waals surface area contributed by atoms with Gasteiger partial charge >= 0.3 is 0 Å². The number of hydrogen-bond donors (Lipinski definition) is 1. The Balaban J connectivity index is 1.42. The van der Waals surface area contributed by atoms with Crippen LogP contribution in [0.1, 0.15) is 6.42 Å². The molecule has 2 unspecified atom stereocenters. The molecule has 1 aliphatic heterocycles. The predicted octanol–water partition coefficient (Wildman–Crippen LogP) is -0.561. The highest BCUT2D eigenvalue weighted by Crippen LogP contribution is 2.40. The van der Waals surface area contributed by atoms with Crippen molar-refractivity contribution in [2.45, 2.75) is 6.42 Å². The fourth-order valence-corrected chi connectivity index (χ4v) is 3.11.